The summed E-state index contributed by atoms with van der Waals surface area (Å²) in [5.74, 6) is 2.93. The van der Waals surface area contributed by atoms with E-state index < -0.39 is 19.8 Å². The molecule has 3 aliphatic heterocycles. The second-order valence-electron chi connectivity index (χ2n) is 10.9. The number of aromatic nitrogens is 1. The number of hydrogen-bond donors (Lipinski definition) is 1. The van der Waals surface area contributed by atoms with Gasteiger partial charge in [0.15, 0.2) is 0 Å². The van der Waals surface area contributed by atoms with E-state index in [2.05, 4.69) is 29.0 Å². The molecular formula is C26H41F3N3OP. The molecule has 0 saturated carbocycles. The normalized spacial score (nSPS) is 28.5. The van der Waals surface area contributed by atoms with E-state index in [0.29, 0.717) is 23.9 Å². The Labute approximate surface area is 203 Å². The molecule has 0 aliphatic carbocycles. The van der Waals surface area contributed by atoms with Gasteiger partial charge in [-0.25, -0.2) is 0 Å². The molecule has 4 heterocycles. The first kappa shape index (κ1) is 25.9. The van der Waals surface area contributed by atoms with E-state index in [4.69, 9.17) is 0 Å². The third kappa shape index (κ3) is 6.32. The zero-order valence-electron chi connectivity index (χ0n) is 20.6. The summed E-state index contributed by atoms with van der Waals surface area (Å²) in [6.07, 6.45) is 6.24. The Balaban J connectivity index is 1.28. The molecule has 0 aromatic carbocycles. The van der Waals surface area contributed by atoms with E-state index in [0.717, 1.165) is 50.3 Å². The molecule has 0 spiro atoms. The molecule has 192 valence electrons. The van der Waals surface area contributed by atoms with Gasteiger partial charge in [-0.05, 0) is 6.07 Å². The molecule has 2 bridgehead atoms. The minimum absolute atomic E-state index is 0.0473. The number of pyridine rings is 1. The van der Waals surface area contributed by atoms with Crippen molar-refractivity contribution in [1.82, 2.24) is 15.2 Å². The fourth-order valence-corrected chi connectivity index (χ4v) is 11.4. The number of nitrogens with zero attached hydrogens (tertiary/aromatic N) is 2. The van der Waals surface area contributed by atoms with Crippen molar-refractivity contribution >= 4 is 13.8 Å². The molecule has 4 nitrogen and oxygen atoms in total. The molecule has 1 aromatic heterocycles. The number of carbonyl (C=O) groups is 1. The van der Waals surface area contributed by atoms with Gasteiger partial charge in [-0.3, -0.25) is 0 Å². The Kier molecular flexibility index (Phi) is 8.56. The monoisotopic (exact) mass is 499 g/mol. The second-order valence-corrected chi connectivity index (χ2v) is 14.2. The molecule has 4 atom stereocenters. The van der Waals surface area contributed by atoms with E-state index in [-0.39, 0.29) is 11.8 Å². The van der Waals surface area contributed by atoms with Crippen LogP contribution < -0.4 is 5.32 Å². The Morgan fingerprint density at radius 3 is 2.62 bits per heavy atom. The van der Waals surface area contributed by atoms with Crippen molar-refractivity contribution in [3.05, 3.63) is 29.6 Å². The molecule has 8 heteroatoms. The van der Waals surface area contributed by atoms with Crippen LogP contribution in [0.5, 0.6) is 0 Å². The van der Waals surface area contributed by atoms with Gasteiger partial charge in [0, 0.05) is 0 Å². The number of alkyl halides is 3. The number of piperidine rings is 1. The topological polar surface area (TPSA) is 45.2 Å². The van der Waals surface area contributed by atoms with Gasteiger partial charge in [-0.1, -0.05) is 0 Å². The standard InChI is InChI=1S/C26H41F3N3OP/c1-3-18-14-19-8-9-24(34(16-18)17-19)31-25(33)22(4-2)20-10-12-32(13-11-20)15-21-6-5-7-23(30-21)26(27,28)29/h5-7,18-20,22,24H,3-4,8-17,34H2,1-2H3,(H,31,33). The second kappa shape index (κ2) is 11.2. The summed E-state index contributed by atoms with van der Waals surface area (Å²) < 4.78 is 38.9. The minimum atomic E-state index is -4.41. The molecule has 3 aliphatic rings. The maximum absolute atomic E-state index is 13.3. The average Bonchev–Trinajstić information content (AvgIpc) is 2.82. The van der Waals surface area contributed by atoms with Crippen molar-refractivity contribution in [2.45, 2.75) is 77.3 Å². The Morgan fingerprint density at radius 1 is 1.18 bits per heavy atom. The van der Waals surface area contributed by atoms with Crippen LogP contribution >= 0.6 is 7.92 Å². The zero-order chi connectivity index (χ0) is 24.3. The van der Waals surface area contributed by atoms with Crippen LogP contribution in [0.25, 0.3) is 0 Å². The van der Waals surface area contributed by atoms with Gasteiger partial charge in [0.05, 0.1) is 0 Å². The maximum atomic E-state index is 13.3. The van der Waals surface area contributed by atoms with Crippen LogP contribution in [0.1, 0.15) is 70.2 Å². The van der Waals surface area contributed by atoms with Crippen LogP contribution in [0.15, 0.2) is 18.2 Å². The van der Waals surface area contributed by atoms with Crippen LogP contribution in [0.2, 0.25) is 0 Å². The van der Waals surface area contributed by atoms with Crippen LogP contribution in [-0.2, 0) is 17.5 Å². The van der Waals surface area contributed by atoms with Crippen molar-refractivity contribution < 1.29 is 18.0 Å². The summed E-state index contributed by atoms with van der Waals surface area (Å²) in [4.78, 5) is 19.3. The molecule has 3 fully saturated rings. The molecule has 3 saturated heterocycles. The summed E-state index contributed by atoms with van der Waals surface area (Å²) in [6.45, 7) is 6.45. The average molecular weight is 500 g/mol. The van der Waals surface area contributed by atoms with Gasteiger partial charge in [0.2, 0.25) is 0 Å². The first-order valence-electron chi connectivity index (χ1n) is 13.3. The molecule has 4 unspecified atom stereocenters. The summed E-state index contributed by atoms with van der Waals surface area (Å²) in [6, 6.07) is 4.11. The van der Waals surface area contributed by atoms with E-state index >= 15 is 0 Å². The quantitative estimate of drug-likeness (QED) is 0.499. The van der Waals surface area contributed by atoms with Crippen molar-refractivity contribution in [2.24, 2.45) is 23.7 Å². The first-order chi connectivity index (χ1) is 16.3. The van der Waals surface area contributed by atoms with Crippen LogP contribution in [0.3, 0.4) is 0 Å². The summed E-state index contributed by atoms with van der Waals surface area (Å²) >= 11 is 0. The number of hydrogen-bond acceptors (Lipinski definition) is 3. The van der Waals surface area contributed by atoms with E-state index in [9.17, 15) is 18.0 Å². The van der Waals surface area contributed by atoms with Crippen molar-refractivity contribution in [3.8, 4) is 0 Å². The zero-order valence-corrected chi connectivity index (χ0v) is 21.8. The third-order valence-corrected chi connectivity index (χ3v) is 12.9. The van der Waals surface area contributed by atoms with E-state index in [1.54, 1.807) is 6.07 Å². The number of amides is 1. The number of rotatable bonds is 7. The molecule has 4 rings (SSSR count). The summed E-state index contributed by atoms with van der Waals surface area (Å²) in [5.41, 5.74) is -0.375. The Bertz CT molecular complexity index is 828. The summed E-state index contributed by atoms with van der Waals surface area (Å²) in [5, 5.41) is 3.53. The van der Waals surface area contributed by atoms with Gasteiger partial charge in [-0.2, -0.15) is 13.2 Å². The van der Waals surface area contributed by atoms with E-state index in [1.165, 1.54) is 44.1 Å². The number of nitrogens with one attached hydrogen (secondary N) is 1. The number of carbonyl (C=O) groups excluding carboxylic acids is 1. The van der Waals surface area contributed by atoms with Gasteiger partial charge >= 0.3 is 184 Å². The molecule has 0 radical (unpaired) electrons. The van der Waals surface area contributed by atoms with Crippen LogP contribution in [0, 0.1) is 23.7 Å². The van der Waals surface area contributed by atoms with Gasteiger partial charge < -0.3 is 0 Å². The molecule has 34 heavy (non-hydrogen) atoms. The third-order valence-electron chi connectivity index (χ3n) is 8.76. The first-order valence-corrected chi connectivity index (χ1v) is 15.6. The number of fused-ring (bicyclic) bond motifs is 2. The SMILES string of the molecule is CCC1CC2CCC(NC(=O)C(CC)C3CCN(Cc4cccc(C(F)(F)F)n4)CC3)[PH2](C1)C2. The molecule has 1 aromatic rings. The Morgan fingerprint density at radius 2 is 1.94 bits per heavy atom. The van der Waals surface area contributed by atoms with E-state index in [1.807, 2.05) is 0 Å². The van der Waals surface area contributed by atoms with Crippen molar-refractivity contribution in [3.63, 3.8) is 0 Å². The number of halogens is 3. The Hall–Kier alpha value is -1.20. The molecule has 1 N–H and O–H groups in total. The van der Waals surface area contributed by atoms with Gasteiger partial charge in [-0.15, -0.1) is 0 Å². The predicted molar refractivity (Wildman–Crippen MR) is 134 cm³/mol. The van der Waals surface area contributed by atoms with Crippen molar-refractivity contribution in [1.29, 1.82) is 0 Å². The summed E-state index contributed by atoms with van der Waals surface area (Å²) in [7, 11) is -0.912. The molecule has 1 amide bonds. The predicted octanol–water partition coefficient (Wildman–Crippen LogP) is 5.57. The van der Waals surface area contributed by atoms with Gasteiger partial charge in [0.1, 0.15) is 0 Å². The van der Waals surface area contributed by atoms with Gasteiger partial charge in [0.25, 0.3) is 0 Å². The number of likely N-dealkylation sites (tertiary alicyclic amines) is 1. The van der Waals surface area contributed by atoms with Crippen molar-refractivity contribution in [2.75, 3.05) is 25.4 Å². The fourth-order valence-electron chi connectivity index (χ4n) is 6.85. The molecular weight excluding hydrogens is 458 g/mol. The fraction of sp³-hybridized carbons (Fsp3) is 0.769. The van der Waals surface area contributed by atoms with Crippen LogP contribution in [-0.4, -0.2) is 47.0 Å². The van der Waals surface area contributed by atoms with Crippen LogP contribution in [0.4, 0.5) is 13.2 Å².